The summed E-state index contributed by atoms with van der Waals surface area (Å²) in [5.74, 6) is -0.179. The number of halogens is 1. The fourth-order valence-corrected chi connectivity index (χ4v) is 1.78. The molecule has 18 heavy (non-hydrogen) atoms. The molecule has 1 atom stereocenters. The van der Waals surface area contributed by atoms with E-state index in [9.17, 15) is 4.79 Å². The van der Waals surface area contributed by atoms with Gasteiger partial charge in [0, 0.05) is 29.1 Å². The van der Waals surface area contributed by atoms with Crippen LogP contribution in [0.1, 0.15) is 17.4 Å². The third-order valence-corrected chi connectivity index (χ3v) is 2.83. The quantitative estimate of drug-likeness (QED) is 0.938. The Morgan fingerprint density at radius 1 is 1.56 bits per heavy atom. The molecule has 5 nitrogen and oxygen atoms in total. The molecule has 2 rings (SSSR count). The van der Waals surface area contributed by atoms with E-state index >= 15 is 0 Å². The van der Waals surface area contributed by atoms with Gasteiger partial charge in [-0.2, -0.15) is 5.10 Å². The summed E-state index contributed by atoms with van der Waals surface area (Å²) in [6.45, 7) is 2.56. The van der Waals surface area contributed by atoms with Gasteiger partial charge in [0.05, 0.1) is 6.54 Å². The lowest BCUT2D eigenvalue weighted by molar-refractivity contribution is 0.0931. The number of carbonyl (C=O) groups is 1. The van der Waals surface area contributed by atoms with Gasteiger partial charge in [-0.1, -0.05) is 0 Å². The number of nitrogens with zero attached hydrogens (tertiary/aromatic N) is 3. The minimum absolute atomic E-state index is 0.0113. The summed E-state index contributed by atoms with van der Waals surface area (Å²) in [5, 5.41) is 6.97. The number of pyridine rings is 1. The molecule has 0 aromatic carbocycles. The van der Waals surface area contributed by atoms with E-state index in [0.29, 0.717) is 12.2 Å². The van der Waals surface area contributed by atoms with Crippen molar-refractivity contribution in [3.63, 3.8) is 0 Å². The highest BCUT2D eigenvalue weighted by atomic mass is 79.9. The SMILES string of the molecule is CC(Cn1cccn1)NC(=O)c1ccc(Br)cn1. The van der Waals surface area contributed by atoms with Crippen LogP contribution in [-0.4, -0.2) is 26.7 Å². The van der Waals surface area contributed by atoms with Gasteiger partial charge in [0.25, 0.3) is 5.91 Å². The van der Waals surface area contributed by atoms with Crippen molar-refractivity contribution in [1.82, 2.24) is 20.1 Å². The first-order valence-corrected chi connectivity index (χ1v) is 6.34. The highest BCUT2D eigenvalue weighted by molar-refractivity contribution is 9.10. The number of carbonyl (C=O) groups excluding carboxylic acids is 1. The van der Waals surface area contributed by atoms with E-state index in [0.717, 1.165) is 4.47 Å². The minimum Gasteiger partial charge on any atom is -0.346 e. The largest absolute Gasteiger partial charge is 0.346 e. The Labute approximate surface area is 113 Å². The predicted octanol–water partition coefficient (Wildman–Crippen LogP) is 1.86. The highest BCUT2D eigenvalue weighted by Crippen LogP contribution is 2.07. The van der Waals surface area contributed by atoms with Gasteiger partial charge in [0.1, 0.15) is 5.69 Å². The molecule has 2 aromatic heterocycles. The second-order valence-electron chi connectivity index (χ2n) is 3.96. The van der Waals surface area contributed by atoms with Crippen molar-refractivity contribution in [3.8, 4) is 0 Å². The number of nitrogens with one attached hydrogen (secondary N) is 1. The van der Waals surface area contributed by atoms with E-state index < -0.39 is 0 Å². The van der Waals surface area contributed by atoms with Gasteiger partial charge in [-0.15, -0.1) is 0 Å². The summed E-state index contributed by atoms with van der Waals surface area (Å²) in [6, 6.07) is 5.31. The predicted molar refractivity (Wildman–Crippen MR) is 71.1 cm³/mol. The van der Waals surface area contributed by atoms with E-state index in [-0.39, 0.29) is 11.9 Å². The zero-order valence-corrected chi connectivity index (χ0v) is 11.5. The summed E-state index contributed by atoms with van der Waals surface area (Å²) in [4.78, 5) is 15.9. The summed E-state index contributed by atoms with van der Waals surface area (Å²) < 4.78 is 2.63. The fourth-order valence-electron chi connectivity index (χ4n) is 1.54. The van der Waals surface area contributed by atoms with E-state index in [1.807, 2.05) is 19.2 Å². The van der Waals surface area contributed by atoms with Crippen molar-refractivity contribution in [3.05, 3.63) is 47.0 Å². The van der Waals surface area contributed by atoms with E-state index in [1.54, 1.807) is 29.2 Å². The number of amides is 1. The Kier molecular flexibility index (Phi) is 4.09. The topological polar surface area (TPSA) is 59.8 Å². The van der Waals surface area contributed by atoms with Crippen molar-refractivity contribution in [1.29, 1.82) is 0 Å². The van der Waals surface area contributed by atoms with Crippen molar-refractivity contribution < 1.29 is 4.79 Å². The zero-order valence-electron chi connectivity index (χ0n) is 9.88. The molecule has 0 radical (unpaired) electrons. The van der Waals surface area contributed by atoms with Crippen molar-refractivity contribution >= 4 is 21.8 Å². The second-order valence-corrected chi connectivity index (χ2v) is 4.88. The minimum atomic E-state index is -0.179. The molecule has 2 heterocycles. The lowest BCUT2D eigenvalue weighted by Gasteiger charge is -2.13. The van der Waals surface area contributed by atoms with Crippen LogP contribution in [-0.2, 0) is 6.54 Å². The molecular weight excluding hydrogens is 296 g/mol. The van der Waals surface area contributed by atoms with E-state index in [1.165, 1.54) is 0 Å². The van der Waals surface area contributed by atoms with Gasteiger partial charge in [-0.25, -0.2) is 4.98 Å². The standard InChI is InChI=1S/C12H13BrN4O/c1-9(8-17-6-2-5-15-17)16-12(18)11-4-3-10(13)7-14-11/h2-7,9H,8H2,1H3,(H,16,18). The number of rotatable bonds is 4. The van der Waals surface area contributed by atoms with Gasteiger partial charge >= 0.3 is 0 Å². The third kappa shape index (κ3) is 3.40. The van der Waals surface area contributed by atoms with Crippen LogP contribution in [0, 0.1) is 0 Å². The Morgan fingerprint density at radius 3 is 3.00 bits per heavy atom. The molecule has 0 saturated heterocycles. The second kappa shape index (κ2) is 5.77. The van der Waals surface area contributed by atoms with Gasteiger partial charge in [0.2, 0.25) is 0 Å². The summed E-state index contributed by atoms with van der Waals surface area (Å²) in [5.41, 5.74) is 0.408. The maximum atomic E-state index is 11.9. The van der Waals surface area contributed by atoms with Gasteiger partial charge in [-0.05, 0) is 41.1 Å². The Hall–Kier alpha value is -1.69. The average molecular weight is 309 g/mol. The van der Waals surface area contributed by atoms with Crippen LogP contribution in [0.15, 0.2) is 41.3 Å². The molecule has 94 valence electrons. The summed E-state index contributed by atoms with van der Waals surface area (Å²) in [6.07, 6.45) is 5.18. The highest BCUT2D eigenvalue weighted by Gasteiger charge is 2.11. The molecule has 6 heteroatoms. The third-order valence-electron chi connectivity index (χ3n) is 2.36. The molecule has 0 aliphatic carbocycles. The zero-order chi connectivity index (χ0) is 13.0. The van der Waals surface area contributed by atoms with Gasteiger partial charge < -0.3 is 5.32 Å². The van der Waals surface area contributed by atoms with Gasteiger partial charge in [-0.3, -0.25) is 9.48 Å². The molecule has 1 unspecified atom stereocenters. The van der Waals surface area contributed by atoms with Crippen LogP contribution in [0.25, 0.3) is 0 Å². The van der Waals surface area contributed by atoms with Crippen LogP contribution in [0.3, 0.4) is 0 Å². The van der Waals surface area contributed by atoms with Gasteiger partial charge in [0.15, 0.2) is 0 Å². The molecule has 2 aromatic rings. The number of hydrogen-bond acceptors (Lipinski definition) is 3. The Balaban J connectivity index is 1.92. The normalized spacial score (nSPS) is 12.1. The van der Waals surface area contributed by atoms with E-state index in [4.69, 9.17) is 0 Å². The first-order chi connectivity index (χ1) is 8.65. The molecule has 1 amide bonds. The summed E-state index contributed by atoms with van der Waals surface area (Å²) >= 11 is 3.28. The average Bonchev–Trinajstić information content (AvgIpc) is 2.82. The first kappa shape index (κ1) is 12.8. The molecule has 0 aliphatic rings. The fraction of sp³-hybridized carbons (Fsp3) is 0.250. The van der Waals surface area contributed by atoms with Crippen LogP contribution < -0.4 is 5.32 Å². The molecule has 1 N–H and O–H groups in total. The lowest BCUT2D eigenvalue weighted by Crippen LogP contribution is -2.36. The van der Waals surface area contributed by atoms with Crippen LogP contribution in [0.2, 0.25) is 0 Å². The Bertz CT molecular complexity index is 509. The molecule has 0 saturated carbocycles. The van der Waals surface area contributed by atoms with Crippen LogP contribution >= 0.6 is 15.9 Å². The maximum Gasteiger partial charge on any atom is 0.270 e. The molecular formula is C12H13BrN4O. The maximum absolute atomic E-state index is 11.9. The Morgan fingerprint density at radius 2 is 2.39 bits per heavy atom. The molecule has 0 fully saturated rings. The molecule has 0 bridgehead atoms. The first-order valence-electron chi connectivity index (χ1n) is 5.55. The molecule has 0 aliphatic heterocycles. The molecule has 0 spiro atoms. The van der Waals surface area contributed by atoms with Crippen molar-refractivity contribution in [2.24, 2.45) is 0 Å². The van der Waals surface area contributed by atoms with Crippen molar-refractivity contribution in [2.45, 2.75) is 19.5 Å². The number of hydrogen-bond donors (Lipinski definition) is 1. The number of aromatic nitrogens is 3. The van der Waals surface area contributed by atoms with Crippen LogP contribution in [0.4, 0.5) is 0 Å². The summed E-state index contributed by atoms with van der Waals surface area (Å²) in [7, 11) is 0. The lowest BCUT2D eigenvalue weighted by atomic mass is 10.3. The monoisotopic (exact) mass is 308 g/mol. The van der Waals surface area contributed by atoms with Crippen molar-refractivity contribution in [2.75, 3.05) is 0 Å². The van der Waals surface area contributed by atoms with E-state index in [2.05, 4.69) is 31.3 Å². The smallest absolute Gasteiger partial charge is 0.270 e. The van der Waals surface area contributed by atoms with Crippen LogP contribution in [0.5, 0.6) is 0 Å².